The molecule has 1 amide bonds. The average Bonchev–Trinajstić information content (AvgIpc) is 2.37. The SMILES string of the molecule is CCS(=O)(=O)C[C@H](C)NC(=O)CSc1ccccc1Cl. The summed E-state index contributed by atoms with van der Waals surface area (Å²) in [7, 11) is -3.08. The lowest BCUT2D eigenvalue weighted by Crippen LogP contribution is -2.38. The van der Waals surface area contributed by atoms with Crippen molar-refractivity contribution in [2.24, 2.45) is 0 Å². The lowest BCUT2D eigenvalue weighted by Gasteiger charge is -2.13. The van der Waals surface area contributed by atoms with Gasteiger partial charge >= 0.3 is 0 Å². The van der Waals surface area contributed by atoms with Crippen molar-refractivity contribution in [3.8, 4) is 0 Å². The van der Waals surface area contributed by atoms with E-state index in [0.29, 0.717) is 5.02 Å². The fraction of sp³-hybridized carbons (Fsp3) is 0.462. The molecule has 1 N–H and O–H groups in total. The summed E-state index contributed by atoms with van der Waals surface area (Å²) in [4.78, 5) is 12.6. The number of sulfone groups is 1. The van der Waals surface area contributed by atoms with Gasteiger partial charge in [0.05, 0.1) is 16.5 Å². The minimum Gasteiger partial charge on any atom is -0.352 e. The van der Waals surface area contributed by atoms with Gasteiger partial charge < -0.3 is 5.32 Å². The van der Waals surface area contributed by atoms with E-state index in [9.17, 15) is 13.2 Å². The van der Waals surface area contributed by atoms with Crippen LogP contribution in [0.15, 0.2) is 29.2 Å². The molecule has 112 valence electrons. The second kappa shape index (κ2) is 7.90. The van der Waals surface area contributed by atoms with E-state index in [1.807, 2.05) is 18.2 Å². The average molecular weight is 336 g/mol. The topological polar surface area (TPSA) is 63.2 Å². The Kier molecular flexibility index (Phi) is 6.85. The number of hydrogen-bond acceptors (Lipinski definition) is 4. The Hall–Kier alpha value is -0.720. The van der Waals surface area contributed by atoms with Gasteiger partial charge in [-0.05, 0) is 19.1 Å². The number of rotatable bonds is 7. The fourth-order valence-electron chi connectivity index (χ4n) is 1.56. The molecule has 1 aromatic rings. The summed E-state index contributed by atoms with van der Waals surface area (Å²) in [5.74, 6) is 0.0575. The minimum absolute atomic E-state index is 0.0357. The molecule has 7 heteroatoms. The zero-order chi connectivity index (χ0) is 15.2. The van der Waals surface area contributed by atoms with Crippen molar-refractivity contribution in [1.82, 2.24) is 5.32 Å². The van der Waals surface area contributed by atoms with Gasteiger partial charge in [0.1, 0.15) is 0 Å². The van der Waals surface area contributed by atoms with E-state index < -0.39 is 9.84 Å². The third-order valence-electron chi connectivity index (χ3n) is 2.55. The van der Waals surface area contributed by atoms with Crippen LogP contribution in [0.4, 0.5) is 0 Å². The van der Waals surface area contributed by atoms with E-state index in [2.05, 4.69) is 5.32 Å². The highest BCUT2D eigenvalue weighted by molar-refractivity contribution is 8.00. The summed E-state index contributed by atoms with van der Waals surface area (Å²) in [6.07, 6.45) is 0. The van der Waals surface area contributed by atoms with Gasteiger partial charge in [-0.15, -0.1) is 11.8 Å². The first-order valence-electron chi connectivity index (χ1n) is 6.21. The van der Waals surface area contributed by atoms with Gasteiger partial charge in [0.25, 0.3) is 0 Å². The van der Waals surface area contributed by atoms with E-state index in [1.165, 1.54) is 11.8 Å². The van der Waals surface area contributed by atoms with Crippen molar-refractivity contribution < 1.29 is 13.2 Å². The number of amides is 1. The Morgan fingerprint density at radius 1 is 1.40 bits per heavy atom. The number of benzene rings is 1. The highest BCUT2D eigenvalue weighted by Crippen LogP contribution is 2.26. The number of thioether (sulfide) groups is 1. The summed E-state index contributed by atoms with van der Waals surface area (Å²) in [6, 6.07) is 6.88. The first kappa shape index (κ1) is 17.3. The maximum absolute atomic E-state index is 11.7. The van der Waals surface area contributed by atoms with Gasteiger partial charge in [-0.3, -0.25) is 4.79 Å². The lowest BCUT2D eigenvalue weighted by molar-refractivity contribution is -0.119. The molecule has 0 aliphatic carbocycles. The van der Waals surface area contributed by atoms with Crippen LogP contribution in [0.5, 0.6) is 0 Å². The number of carbonyl (C=O) groups excluding carboxylic acids is 1. The van der Waals surface area contributed by atoms with E-state index in [-0.39, 0.29) is 29.2 Å². The molecule has 0 aliphatic heterocycles. The fourth-order valence-corrected chi connectivity index (χ4v) is 3.69. The first-order valence-corrected chi connectivity index (χ1v) is 9.39. The molecule has 1 atom stereocenters. The third kappa shape index (κ3) is 6.15. The van der Waals surface area contributed by atoms with Gasteiger partial charge in [0.15, 0.2) is 9.84 Å². The van der Waals surface area contributed by atoms with Crippen LogP contribution in [0, 0.1) is 0 Å². The van der Waals surface area contributed by atoms with Crippen LogP contribution in [0.25, 0.3) is 0 Å². The highest BCUT2D eigenvalue weighted by atomic mass is 35.5. The summed E-state index contributed by atoms with van der Waals surface area (Å²) < 4.78 is 22.9. The monoisotopic (exact) mass is 335 g/mol. The molecule has 1 rings (SSSR count). The molecular weight excluding hydrogens is 318 g/mol. The summed E-state index contributed by atoms with van der Waals surface area (Å²) >= 11 is 7.31. The van der Waals surface area contributed by atoms with Crippen molar-refractivity contribution in [2.45, 2.75) is 24.8 Å². The molecular formula is C13H18ClNO3S2. The number of carbonyl (C=O) groups is 1. The largest absolute Gasteiger partial charge is 0.352 e. The normalized spacial score (nSPS) is 12.9. The lowest BCUT2D eigenvalue weighted by atomic mass is 10.4. The van der Waals surface area contributed by atoms with Crippen LogP contribution >= 0.6 is 23.4 Å². The molecule has 1 aromatic carbocycles. The summed E-state index contributed by atoms with van der Waals surface area (Å²) in [6.45, 7) is 3.28. The standard InChI is InChI=1S/C13H18ClNO3S2/c1-3-20(17,18)9-10(2)15-13(16)8-19-12-7-5-4-6-11(12)14/h4-7,10H,3,8-9H2,1-2H3,(H,15,16)/t10-/m0/s1. The molecule has 0 spiro atoms. The number of halogens is 1. The zero-order valence-corrected chi connectivity index (χ0v) is 13.8. The molecule has 0 unspecified atom stereocenters. The van der Waals surface area contributed by atoms with E-state index >= 15 is 0 Å². The zero-order valence-electron chi connectivity index (χ0n) is 11.4. The van der Waals surface area contributed by atoms with Gasteiger partial charge in [-0.1, -0.05) is 30.7 Å². The van der Waals surface area contributed by atoms with Crippen LogP contribution in [-0.4, -0.2) is 37.6 Å². The summed E-state index contributed by atoms with van der Waals surface area (Å²) in [5, 5.41) is 3.28. The van der Waals surface area contributed by atoms with Crippen LogP contribution in [0.3, 0.4) is 0 Å². The predicted molar refractivity (Wildman–Crippen MR) is 84.1 cm³/mol. The molecule has 0 fully saturated rings. The first-order chi connectivity index (χ1) is 9.34. The van der Waals surface area contributed by atoms with Crippen LogP contribution < -0.4 is 5.32 Å². The second-order valence-corrected chi connectivity index (χ2v) is 8.21. The smallest absolute Gasteiger partial charge is 0.230 e. The van der Waals surface area contributed by atoms with Gasteiger partial charge in [-0.2, -0.15) is 0 Å². The maximum atomic E-state index is 11.7. The van der Waals surface area contributed by atoms with E-state index in [0.717, 1.165) is 4.90 Å². The van der Waals surface area contributed by atoms with Crippen molar-refractivity contribution in [3.63, 3.8) is 0 Å². The van der Waals surface area contributed by atoms with Crippen molar-refractivity contribution in [2.75, 3.05) is 17.3 Å². The van der Waals surface area contributed by atoms with Gasteiger partial charge in [-0.25, -0.2) is 8.42 Å². The van der Waals surface area contributed by atoms with E-state index in [1.54, 1.807) is 19.9 Å². The number of nitrogens with one attached hydrogen (secondary N) is 1. The molecule has 0 radical (unpaired) electrons. The van der Waals surface area contributed by atoms with Crippen LogP contribution in [-0.2, 0) is 14.6 Å². The molecule has 0 saturated carbocycles. The number of hydrogen-bond donors (Lipinski definition) is 1. The van der Waals surface area contributed by atoms with Crippen molar-refractivity contribution in [3.05, 3.63) is 29.3 Å². The molecule has 0 aromatic heterocycles. The Labute approximate surface area is 129 Å². The molecule has 0 bridgehead atoms. The van der Waals surface area contributed by atoms with Crippen molar-refractivity contribution >= 4 is 39.1 Å². The molecule has 4 nitrogen and oxygen atoms in total. The second-order valence-electron chi connectivity index (χ2n) is 4.39. The van der Waals surface area contributed by atoms with Crippen LogP contribution in [0.1, 0.15) is 13.8 Å². The molecule has 0 aliphatic rings. The van der Waals surface area contributed by atoms with Gasteiger partial charge in [0.2, 0.25) is 5.91 Å². The maximum Gasteiger partial charge on any atom is 0.230 e. The van der Waals surface area contributed by atoms with Crippen molar-refractivity contribution in [1.29, 1.82) is 0 Å². The summed E-state index contributed by atoms with van der Waals surface area (Å²) in [5.41, 5.74) is 0. The predicted octanol–water partition coefficient (Wildman–Crippen LogP) is 2.37. The molecule has 0 heterocycles. The van der Waals surface area contributed by atoms with E-state index in [4.69, 9.17) is 11.6 Å². The van der Waals surface area contributed by atoms with Gasteiger partial charge in [0, 0.05) is 16.7 Å². The Morgan fingerprint density at radius 3 is 2.65 bits per heavy atom. The Balaban J connectivity index is 2.43. The van der Waals surface area contributed by atoms with Crippen LogP contribution in [0.2, 0.25) is 5.02 Å². The molecule has 0 saturated heterocycles. The Bertz CT molecular complexity index is 560. The molecule has 20 heavy (non-hydrogen) atoms. The quantitative estimate of drug-likeness (QED) is 0.777. The Morgan fingerprint density at radius 2 is 2.05 bits per heavy atom. The minimum atomic E-state index is -3.08. The highest BCUT2D eigenvalue weighted by Gasteiger charge is 2.15. The third-order valence-corrected chi connectivity index (χ3v) is 5.95.